The van der Waals surface area contributed by atoms with Crippen molar-refractivity contribution in [2.75, 3.05) is 26.7 Å². The number of hydrogen-bond acceptors (Lipinski definition) is 2. The maximum absolute atomic E-state index is 5.73. The van der Waals surface area contributed by atoms with Crippen molar-refractivity contribution in [3.63, 3.8) is 0 Å². The predicted octanol–water partition coefficient (Wildman–Crippen LogP) is 1.42. The molecule has 0 aromatic rings. The van der Waals surface area contributed by atoms with Gasteiger partial charge in [-0.15, -0.1) is 0 Å². The van der Waals surface area contributed by atoms with Crippen LogP contribution in [-0.2, 0) is 0 Å². The molecule has 0 saturated carbocycles. The van der Waals surface area contributed by atoms with E-state index in [1.54, 1.807) is 0 Å². The lowest BCUT2D eigenvalue weighted by Gasteiger charge is -2.31. The summed E-state index contributed by atoms with van der Waals surface area (Å²) in [6.45, 7) is 6.81. The summed E-state index contributed by atoms with van der Waals surface area (Å²) < 4.78 is 0. The fourth-order valence-electron chi connectivity index (χ4n) is 1.62. The van der Waals surface area contributed by atoms with E-state index in [0.29, 0.717) is 6.04 Å². The molecule has 1 heterocycles. The maximum atomic E-state index is 5.73. The average Bonchev–Trinajstić information content (AvgIpc) is 2.05. The van der Waals surface area contributed by atoms with Gasteiger partial charge >= 0.3 is 0 Å². The third-order valence-corrected chi connectivity index (χ3v) is 2.51. The Bertz CT molecular complexity index is 151. The lowest BCUT2D eigenvalue weighted by Crippen LogP contribution is -2.41. The summed E-state index contributed by atoms with van der Waals surface area (Å²) in [7, 11) is 2.03. The monoisotopic (exact) mass is 188 g/mol. The van der Waals surface area contributed by atoms with Crippen molar-refractivity contribution in [3.8, 4) is 0 Å². The third-order valence-electron chi connectivity index (χ3n) is 2.39. The van der Waals surface area contributed by atoms with Gasteiger partial charge in [-0.05, 0) is 19.9 Å². The minimum atomic E-state index is 0.699. The Morgan fingerprint density at radius 2 is 2.17 bits per heavy atom. The van der Waals surface area contributed by atoms with Crippen molar-refractivity contribution in [1.29, 1.82) is 0 Å². The summed E-state index contributed by atoms with van der Waals surface area (Å²) in [6, 6.07) is 0.699. The molecule has 0 aromatic carbocycles. The van der Waals surface area contributed by atoms with Gasteiger partial charge in [0.15, 0.2) is 0 Å². The molecule has 0 radical (unpaired) electrons. The largest absolute Gasteiger partial charge is 0.317 e. The molecule has 1 aliphatic rings. The second kappa shape index (κ2) is 4.85. The van der Waals surface area contributed by atoms with E-state index in [4.69, 9.17) is 11.6 Å². The first-order valence-electron chi connectivity index (χ1n) is 4.45. The van der Waals surface area contributed by atoms with Gasteiger partial charge in [-0.25, -0.2) is 0 Å². The van der Waals surface area contributed by atoms with E-state index in [1.807, 2.05) is 7.05 Å². The molecule has 12 heavy (non-hydrogen) atoms. The van der Waals surface area contributed by atoms with Crippen LogP contribution in [0.3, 0.4) is 0 Å². The molecule has 2 nitrogen and oxygen atoms in total. The van der Waals surface area contributed by atoms with Crippen molar-refractivity contribution >= 4 is 11.6 Å². The van der Waals surface area contributed by atoms with Gasteiger partial charge in [-0.3, -0.25) is 4.90 Å². The Balaban J connectivity index is 2.21. The number of nitrogens with one attached hydrogen (secondary N) is 1. The Morgan fingerprint density at radius 1 is 1.58 bits per heavy atom. The van der Waals surface area contributed by atoms with E-state index in [9.17, 15) is 0 Å². The van der Waals surface area contributed by atoms with Gasteiger partial charge in [-0.1, -0.05) is 18.2 Å². The molecule has 1 rings (SSSR count). The Labute approximate surface area is 79.6 Å². The first-order valence-corrected chi connectivity index (χ1v) is 4.83. The van der Waals surface area contributed by atoms with Gasteiger partial charge in [0.2, 0.25) is 0 Å². The molecule has 3 heteroatoms. The van der Waals surface area contributed by atoms with Crippen LogP contribution in [-0.4, -0.2) is 37.6 Å². The van der Waals surface area contributed by atoms with E-state index < -0.39 is 0 Å². The summed E-state index contributed by atoms with van der Waals surface area (Å²) in [5, 5.41) is 4.04. The first-order chi connectivity index (χ1) is 5.72. The van der Waals surface area contributed by atoms with Gasteiger partial charge in [0.1, 0.15) is 0 Å². The SMILES string of the molecule is C=C(Cl)CN1CCC(NC)CC1. The van der Waals surface area contributed by atoms with Gasteiger partial charge in [-0.2, -0.15) is 0 Å². The maximum Gasteiger partial charge on any atom is 0.0335 e. The van der Waals surface area contributed by atoms with Crippen molar-refractivity contribution in [1.82, 2.24) is 10.2 Å². The van der Waals surface area contributed by atoms with Gasteiger partial charge in [0, 0.05) is 30.7 Å². The van der Waals surface area contributed by atoms with Gasteiger partial charge in [0.05, 0.1) is 0 Å². The second-order valence-electron chi connectivity index (χ2n) is 3.36. The summed E-state index contributed by atoms with van der Waals surface area (Å²) in [4.78, 5) is 2.35. The Morgan fingerprint density at radius 3 is 2.58 bits per heavy atom. The number of rotatable bonds is 3. The molecule has 70 valence electrons. The molecule has 0 spiro atoms. The van der Waals surface area contributed by atoms with E-state index in [1.165, 1.54) is 12.8 Å². The third kappa shape index (κ3) is 3.13. The minimum Gasteiger partial charge on any atom is -0.317 e. The van der Waals surface area contributed by atoms with E-state index in [2.05, 4.69) is 16.8 Å². The summed E-state index contributed by atoms with van der Waals surface area (Å²) in [5.41, 5.74) is 0. The highest BCUT2D eigenvalue weighted by atomic mass is 35.5. The standard InChI is InChI=1S/C9H17ClN2/c1-8(10)7-12-5-3-9(11-2)4-6-12/h9,11H,1,3-7H2,2H3. The highest BCUT2D eigenvalue weighted by Gasteiger charge is 2.17. The van der Waals surface area contributed by atoms with Crippen LogP contribution in [0.4, 0.5) is 0 Å². The zero-order valence-electron chi connectivity index (χ0n) is 7.65. The molecular weight excluding hydrogens is 172 g/mol. The molecule has 0 atom stereocenters. The highest BCUT2D eigenvalue weighted by molar-refractivity contribution is 6.29. The molecule has 1 aliphatic heterocycles. The summed E-state index contributed by atoms with van der Waals surface area (Å²) in [5.74, 6) is 0. The van der Waals surface area contributed by atoms with Gasteiger partial charge in [0.25, 0.3) is 0 Å². The Hall–Kier alpha value is -0.0500. The molecular formula is C9H17ClN2. The van der Waals surface area contributed by atoms with Crippen LogP contribution in [0.25, 0.3) is 0 Å². The van der Waals surface area contributed by atoms with Crippen LogP contribution >= 0.6 is 11.6 Å². The molecule has 0 aliphatic carbocycles. The number of piperidine rings is 1. The van der Waals surface area contributed by atoms with Crippen LogP contribution in [0, 0.1) is 0 Å². The number of likely N-dealkylation sites (tertiary alicyclic amines) is 1. The van der Waals surface area contributed by atoms with Crippen molar-refractivity contribution in [3.05, 3.63) is 11.6 Å². The number of halogens is 1. The fourth-order valence-corrected chi connectivity index (χ4v) is 1.79. The fraction of sp³-hybridized carbons (Fsp3) is 0.778. The topological polar surface area (TPSA) is 15.3 Å². The van der Waals surface area contributed by atoms with Crippen LogP contribution < -0.4 is 5.32 Å². The molecule has 1 fully saturated rings. The first kappa shape index (κ1) is 10.0. The summed E-state index contributed by atoms with van der Waals surface area (Å²) in [6.07, 6.45) is 2.45. The molecule has 0 bridgehead atoms. The average molecular weight is 189 g/mol. The molecule has 0 amide bonds. The number of hydrogen-bond donors (Lipinski definition) is 1. The number of nitrogens with zero attached hydrogens (tertiary/aromatic N) is 1. The van der Waals surface area contributed by atoms with E-state index in [-0.39, 0.29) is 0 Å². The predicted molar refractivity (Wildman–Crippen MR) is 53.5 cm³/mol. The quantitative estimate of drug-likeness (QED) is 0.721. The normalized spacial score (nSPS) is 21.2. The smallest absolute Gasteiger partial charge is 0.0335 e. The van der Waals surface area contributed by atoms with E-state index in [0.717, 1.165) is 24.7 Å². The highest BCUT2D eigenvalue weighted by Crippen LogP contribution is 2.11. The lowest BCUT2D eigenvalue weighted by molar-refractivity contribution is 0.219. The van der Waals surface area contributed by atoms with E-state index >= 15 is 0 Å². The van der Waals surface area contributed by atoms with Crippen LogP contribution in [0.2, 0.25) is 0 Å². The molecule has 1 N–H and O–H groups in total. The van der Waals surface area contributed by atoms with Crippen LogP contribution in [0.1, 0.15) is 12.8 Å². The van der Waals surface area contributed by atoms with Gasteiger partial charge < -0.3 is 5.32 Å². The zero-order valence-corrected chi connectivity index (χ0v) is 8.40. The van der Waals surface area contributed by atoms with Crippen molar-refractivity contribution in [2.24, 2.45) is 0 Å². The van der Waals surface area contributed by atoms with Crippen LogP contribution in [0.15, 0.2) is 11.6 Å². The zero-order chi connectivity index (χ0) is 8.97. The molecule has 0 aromatic heterocycles. The van der Waals surface area contributed by atoms with Crippen molar-refractivity contribution in [2.45, 2.75) is 18.9 Å². The second-order valence-corrected chi connectivity index (χ2v) is 3.89. The lowest BCUT2D eigenvalue weighted by atomic mass is 10.1. The molecule has 0 unspecified atom stereocenters. The van der Waals surface area contributed by atoms with Crippen molar-refractivity contribution < 1.29 is 0 Å². The summed E-state index contributed by atoms with van der Waals surface area (Å²) >= 11 is 5.73. The van der Waals surface area contributed by atoms with Crippen LogP contribution in [0.5, 0.6) is 0 Å². The molecule has 1 saturated heterocycles. The Kier molecular flexibility index (Phi) is 4.06. The minimum absolute atomic E-state index is 0.699.